The first kappa shape index (κ1) is 14.2. The maximum Gasteiger partial charge on any atom is 0.0914 e. The molecule has 1 heterocycles. The molecule has 5 nitrogen and oxygen atoms in total. The summed E-state index contributed by atoms with van der Waals surface area (Å²) in [6.45, 7) is 2.22. The quantitative estimate of drug-likeness (QED) is 0.762. The Balaban J connectivity index is 1.65. The summed E-state index contributed by atoms with van der Waals surface area (Å²) in [7, 11) is 0. The lowest BCUT2D eigenvalue weighted by Gasteiger charge is -2.12. The molecule has 0 aliphatic rings. The first-order valence-electron chi connectivity index (χ1n) is 6.24. The second kappa shape index (κ2) is 7.37. The molecule has 1 aromatic heterocycles. The Morgan fingerprint density at radius 1 is 1.42 bits per heavy atom. The first-order valence-corrected chi connectivity index (χ1v) is 7.03. The highest BCUT2D eigenvalue weighted by atomic mass is 79.9. The van der Waals surface area contributed by atoms with E-state index in [4.69, 9.17) is 0 Å². The average molecular weight is 325 g/mol. The lowest BCUT2D eigenvalue weighted by molar-refractivity contribution is 0.174. The smallest absolute Gasteiger partial charge is 0.0914 e. The molecule has 102 valence electrons. The van der Waals surface area contributed by atoms with Crippen LogP contribution in [0, 0.1) is 0 Å². The van der Waals surface area contributed by atoms with Crippen molar-refractivity contribution < 1.29 is 5.11 Å². The molecule has 1 unspecified atom stereocenters. The van der Waals surface area contributed by atoms with Crippen molar-refractivity contribution >= 4 is 15.9 Å². The maximum atomic E-state index is 10.0. The van der Waals surface area contributed by atoms with Gasteiger partial charge in [-0.3, -0.25) is 4.68 Å². The third-order valence-electron chi connectivity index (χ3n) is 2.78. The molecule has 0 amide bonds. The Morgan fingerprint density at radius 2 is 2.32 bits per heavy atom. The van der Waals surface area contributed by atoms with Crippen LogP contribution < -0.4 is 5.32 Å². The molecule has 0 saturated heterocycles. The van der Waals surface area contributed by atoms with Gasteiger partial charge in [-0.2, -0.15) is 0 Å². The van der Waals surface area contributed by atoms with E-state index in [0.717, 1.165) is 29.5 Å². The van der Waals surface area contributed by atoms with Crippen LogP contribution in [0.25, 0.3) is 0 Å². The monoisotopic (exact) mass is 324 g/mol. The van der Waals surface area contributed by atoms with Gasteiger partial charge < -0.3 is 10.4 Å². The van der Waals surface area contributed by atoms with Crippen LogP contribution in [-0.4, -0.2) is 33.2 Å². The van der Waals surface area contributed by atoms with Gasteiger partial charge in [-0.25, -0.2) is 0 Å². The van der Waals surface area contributed by atoms with Crippen LogP contribution in [0.1, 0.15) is 18.1 Å². The fourth-order valence-corrected chi connectivity index (χ4v) is 2.21. The highest BCUT2D eigenvalue weighted by Gasteiger charge is 2.06. The molecule has 1 atom stereocenters. The molecular weight excluding hydrogens is 308 g/mol. The van der Waals surface area contributed by atoms with E-state index in [9.17, 15) is 5.11 Å². The zero-order valence-corrected chi connectivity index (χ0v) is 12.1. The minimum absolute atomic E-state index is 0.483. The van der Waals surface area contributed by atoms with Gasteiger partial charge in [0.2, 0.25) is 0 Å². The van der Waals surface area contributed by atoms with Gasteiger partial charge in [-0.1, -0.05) is 33.3 Å². The van der Waals surface area contributed by atoms with E-state index in [1.165, 1.54) is 0 Å². The number of rotatable bonds is 7. The number of halogens is 1. The van der Waals surface area contributed by atoms with Crippen LogP contribution in [0.2, 0.25) is 0 Å². The van der Waals surface area contributed by atoms with Gasteiger partial charge in [0.05, 0.1) is 12.3 Å². The molecule has 0 bridgehead atoms. The molecule has 0 spiro atoms. The summed E-state index contributed by atoms with van der Waals surface area (Å²) in [5.74, 6) is 0. The summed E-state index contributed by atoms with van der Waals surface area (Å²) in [6.07, 6.45) is 3.99. The number of aliphatic hydroxyl groups is 1. The third-order valence-corrected chi connectivity index (χ3v) is 3.28. The van der Waals surface area contributed by atoms with E-state index >= 15 is 0 Å². The van der Waals surface area contributed by atoms with Gasteiger partial charge in [0, 0.05) is 23.8 Å². The topological polar surface area (TPSA) is 63.0 Å². The fourth-order valence-electron chi connectivity index (χ4n) is 1.79. The zero-order chi connectivity index (χ0) is 13.5. The number of benzene rings is 1. The van der Waals surface area contributed by atoms with Gasteiger partial charge in [0.15, 0.2) is 0 Å². The van der Waals surface area contributed by atoms with Gasteiger partial charge in [0.1, 0.15) is 0 Å². The molecular formula is C13H17BrN4O. The molecule has 19 heavy (non-hydrogen) atoms. The summed E-state index contributed by atoms with van der Waals surface area (Å²) in [5, 5.41) is 20.9. The number of nitrogens with zero attached hydrogens (tertiary/aromatic N) is 3. The number of nitrogens with one attached hydrogen (secondary N) is 1. The van der Waals surface area contributed by atoms with E-state index < -0.39 is 6.10 Å². The molecule has 0 fully saturated rings. The molecule has 6 heteroatoms. The fraction of sp³-hybridized carbons (Fsp3) is 0.385. The van der Waals surface area contributed by atoms with Crippen LogP contribution in [0.3, 0.4) is 0 Å². The molecule has 1 aromatic carbocycles. The Bertz CT molecular complexity index is 489. The molecule has 0 radical (unpaired) electrons. The number of aliphatic hydroxyl groups excluding tert-OH is 1. The minimum Gasteiger partial charge on any atom is -0.387 e. The number of aromatic nitrogens is 3. The van der Waals surface area contributed by atoms with Crippen molar-refractivity contribution in [1.29, 1.82) is 0 Å². The van der Waals surface area contributed by atoms with Crippen molar-refractivity contribution in [3.05, 3.63) is 46.7 Å². The van der Waals surface area contributed by atoms with Crippen molar-refractivity contribution in [1.82, 2.24) is 20.3 Å². The normalized spacial score (nSPS) is 12.5. The molecule has 2 aromatic rings. The number of aryl methyl sites for hydroxylation is 1. The van der Waals surface area contributed by atoms with Crippen LogP contribution in [-0.2, 0) is 6.54 Å². The molecule has 2 N–H and O–H groups in total. The largest absolute Gasteiger partial charge is 0.387 e. The summed E-state index contributed by atoms with van der Waals surface area (Å²) in [4.78, 5) is 0. The highest BCUT2D eigenvalue weighted by Crippen LogP contribution is 2.17. The third kappa shape index (κ3) is 4.74. The predicted molar refractivity (Wildman–Crippen MR) is 76.6 cm³/mol. The standard InChI is InChI=1S/C13H17BrN4O/c14-12-4-1-3-11(9-12)13(19)10-15-5-2-7-18-8-6-16-17-18/h1,3-4,6,8-9,13,15,19H,2,5,7,10H2. The van der Waals surface area contributed by atoms with E-state index in [-0.39, 0.29) is 0 Å². The Morgan fingerprint density at radius 3 is 3.05 bits per heavy atom. The van der Waals surface area contributed by atoms with E-state index in [1.54, 1.807) is 10.9 Å². The highest BCUT2D eigenvalue weighted by molar-refractivity contribution is 9.10. The Hall–Kier alpha value is -1.24. The van der Waals surface area contributed by atoms with E-state index in [1.807, 2.05) is 30.5 Å². The van der Waals surface area contributed by atoms with Crippen LogP contribution >= 0.6 is 15.9 Å². The van der Waals surface area contributed by atoms with Gasteiger partial charge in [0.25, 0.3) is 0 Å². The lowest BCUT2D eigenvalue weighted by atomic mass is 10.1. The maximum absolute atomic E-state index is 10.0. The van der Waals surface area contributed by atoms with Crippen LogP contribution in [0.5, 0.6) is 0 Å². The summed E-state index contributed by atoms with van der Waals surface area (Å²) < 4.78 is 2.78. The molecule has 2 rings (SSSR count). The van der Waals surface area contributed by atoms with Crippen molar-refractivity contribution in [2.24, 2.45) is 0 Å². The van der Waals surface area contributed by atoms with Gasteiger partial charge in [-0.15, -0.1) is 5.10 Å². The number of hydrogen-bond acceptors (Lipinski definition) is 4. The van der Waals surface area contributed by atoms with Crippen LogP contribution in [0.15, 0.2) is 41.1 Å². The number of hydrogen-bond donors (Lipinski definition) is 2. The van der Waals surface area contributed by atoms with E-state index in [0.29, 0.717) is 6.54 Å². The average Bonchev–Trinajstić information content (AvgIpc) is 2.91. The van der Waals surface area contributed by atoms with Crippen molar-refractivity contribution in [3.63, 3.8) is 0 Å². The second-order valence-electron chi connectivity index (χ2n) is 4.29. The van der Waals surface area contributed by atoms with Crippen molar-refractivity contribution in [3.8, 4) is 0 Å². The van der Waals surface area contributed by atoms with Crippen molar-refractivity contribution in [2.75, 3.05) is 13.1 Å². The Labute approximate surface area is 120 Å². The first-order chi connectivity index (χ1) is 9.25. The minimum atomic E-state index is -0.483. The zero-order valence-electron chi connectivity index (χ0n) is 10.5. The Kier molecular flexibility index (Phi) is 5.50. The van der Waals surface area contributed by atoms with Gasteiger partial charge in [-0.05, 0) is 30.7 Å². The SMILES string of the molecule is OC(CNCCCn1ccnn1)c1cccc(Br)c1. The summed E-state index contributed by atoms with van der Waals surface area (Å²) in [6, 6.07) is 7.73. The second-order valence-corrected chi connectivity index (χ2v) is 5.21. The molecule has 0 saturated carbocycles. The molecule has 0 aliphatic carbocycles. The lowest BCUT2D eigenvalue weighted by Crippen LogP contribution is -2.23. The van der Waals surface area contributed by atoms with E-state index in [2.05, 4.69) is 31.6 Å². The molecule has 0 aliphatic heterocycles. The summed E-state index contributed by atoms with van der Waals surface area (Å²) >= 11 is 3.40. The van der Waals surface area contributed by atoms with Crippen molar-refractivity contribution in [2.45, 2.75) is 19.1 Å². The van der Waals surface area contributed by atoms with Crippen LogP contribution in [0.4, 0.5) is 0 Å². The van der Waals surface area contributed by atoms with Gasteiger partial charge >= 0.3 is 0 Å². The predicted octanol–water partition coefficient (Wildman–Crippen LogP) is 1.75. The summed E-state index contributed by atoms with van der Waals surface area (Å²) in [5.41, 5.74) is 0.915.